The molecule has 0 fully saturated rings. The van der Waals surface area contributed by atoms with E-state index in [9.17, 15) is 4.79 Å². The summed E-state index contributed by atoms with van der Waals surface area (Å²) in [4.78, 5) is 13.1. The summed E-state index contributed by atoms with van der Waals surface area (Å²) in [7, 11) is 6.09. The Morgan fingerprint density at radius 2 is 1.42 bits per heavy atom. The lowest BCUT2D eigenvalue weighted by Crippen LogP contribution is -2.50. The van der Waals surface area contributed by atoms with Crippen LogP contribution in [0.15, 0.2) is 66.7 Å². The molecule has 0 heterocycles. The van der Waals surface area contributed by atoms with Crippen LogP contribution < -0.4 is 0 Å². The van der Waals surface area contributed by atoms with Gasteiger partial charge in [-0.3, -0.25) is 4.79 Å². The average molecular weight is 436 g/mol. The SMILES string of the molecule is COC1(C)c2ccc(-c3ccc(-c4ccc(C=O)cc4)cc3)cc2CCC1N(C)C.Cl. The number of hydrogen-bond donors (Lipinski definition) is 0. The van der Waals surface area contributed by atoms with Crippen LogP contribution in [0.4, 0.5) is 0 Å². The maximum atomic E-state index is 10.9. The van der Waals surface area contributed by atoms with Gasteiger partial charge in [0.25, 0.3) is 0 Å². The van der Waals surface area contributed by atoms with Gasteiger partial charge < -0.3 is 9.64 Å². The smallest absolute Gasteiger partial charge is 0.150 e. The molecule has 2 atom stereocenters. The van der Waals surface area contributed by atoms with Crippen molar-refractivity contribution < 1.29 is 9.53 Å². The molecule has 0 saturated carbocycles. The number of rotatable bonds is 5. The fourth-order valence-corrected chi connectivity index (χ4v) is 4.82. The Kier molecular flexibility index (Phi) is 7.00. The van der Waals surface area contributed by atoms with Gasteiger partial charge in [0.2, 0.25) is 0 Å². The summed E-state index contributed by atoms with van der Waals surface area (Å²) in [6.45, 7) is 2.21. The number of carbonyl (C=O) groups is 1. The van der Waals surface area contributed by atoms with Crippen molar-refractivity contribution in [2.24, 2.45) is 0 Å². The molecule has 3 aromatic rings. The van der Waals surface area contributed by atoms with Crippen molar-refractivity contribution in [3.8, 4) is 22.3 Å². The molecule has 0 radical (unpaired) electrons. The second-order valence-corrected chi connectivity index (χ2v) is 8.52. The van der Waals surface area contributed by atoms with E-state index in [-0.39, 0.29) is 18.0 Å². The normalized spacial score (nSPS) is 20.1. The predicted molar refractivity (Wildman–Crippen MR) is 130 cm³/mol. The number of benzene rings is 3. The third kappa shape index (κ3) is 4.31. The van der Waals surface area contributed by atoms with Gasteiger partial charge >= 0.3 is 0 Å². The molecule has 1 aliphatic rings. The highest BCUT2D eigenvalue weighted by Crippen LogP contribution is 2.41. The number of nitrogens with zero attached hydrogens (tertiary/aromatic N) is 1. The van der Waals surface area contributed by atoms with Crippen LogP contribution in [0, 0.1) is 0 Å². The van der Waals surface area contributed by atoms with Gasteiger partial charge in [-0.2, -0.15) is 0 Å². The average Bonchev–Trinajstić information content (AvgIpc) is 2.79. The first-order valence-electron chi connectivity index (χ1n) is 10.5. The molecule has 3 nitrogen and oxygen atoms in total. The third-order valence-corrected chi connectivity index (χ3v) is 6.61. The standard InChI is InChI=1S/C27H29NO2.ClH/c1-27(30-4)25-15-13-23(17-24(25)14-16-26(27)28(2)3)22-11-9-21(10-12-22)20-7-5-19(18-29)6-8-20;/h5-13,15,17-18,26H,14,16H2,1-4H3;1H. The summed E-state index contributed by atoms with van der Waals surface area (Å²) < 4.78 is 6.04. The molecule has 3 aromatic carbocycles. The van der Waals surface area contributed by atoms with Crippen molar-refractivity contribution in [2.75, 3.05) is 21.2 Å². The van der Waals surface area contributed by atoms with E-state index in [0.717, 1.165) is 30.3 Å². The van der Waals surface area contributed by atoms with E-state index < -0.39 is 0 Å². The van der Waals surface area contributed by atoms with Crippen LogP contribution in [-0.2, 0) is 16.8 Å². The van der Waals surface area contributed by atoms with Gasteiger partial charge in [0, 0.05) is 18.7 Å². The van der Waals surface area contributed by atoms with E-state index in [2.05, 4.69) is 68.4 Å². The topological polar surface area (TPSA) is 29.5 Å². The molecule has 0 aliphatic heterocycles. The Labute approximate surface area is 191 Å². The van der Waals surface area contributed by atoms with Crippen LogP contribution in [0.2, 0.25) is 0 Å². The van der Waals surface area contributed by atoms with Crippen LogP contribution >= 0.6 is 12.4 Å². The van der Waals surface area contributed by atoms with Gasteiger partial charge in [-0.1, -0.05) is 66.7 Å². The third-order valence-electron chi connectivity index (χ3n) is 6.61. The zero-order chi connectivity index (χ0) is 21.3. The van der Waals surface area contributed by atoms with Gasteiger partial charge in [0.05, 0.1) is 0 Å². The zero-order valence-electron chi connectivity index (χ0n) is 18.6. The number of hydrogen-bond acceptors (Lipinski definition) is 3. The lowest BCUT2D eigenvalue weighted by atomic mass is 9.75. The first kappa shape index (κ1) is 23.2. The first-order chi connectivity index (χ1) is 14.5. The highest BCUT2D eigenvalue weighted by atomic mass is 35.5. The van der Waals surface area contributed by atoms with Gasteiger partial charge in [-0.25, -0.2) is 0 Å². The molecule has 0 N–H and O–H groups in total. The molecule has 4 rings (SSSR count). The Morgan fingerprint density at radius 1 is 0.903 bits per heavy atom. The number of likely N-dealkylation sites (N-methyl/N-ethyl adjacent to an activating group) is 1. The molecule has 4 heteroatoms. The van der Waals surface area contributed by atoms with Crippen LogP contribution in [0.3, 0.4) is 0 Å². The second-order valence-electron chi connectivity index (χ2n) is 8.52. The molecule has 1 aliphatic carbocycles. The van der Waals surface area contributed by atoms with Crippen molar-refractivity contribution >= 4 is 18.7 Å². The Bertz CT molecular complexity index is 1040. The molecular formula is C27H30ClNO2. The number of carbonyl (C=O) groups excluding carboxylic acids is 1. The summed E-state index contributed by atoms with van der Waals surface area (Å²) in [5.74, 6) is 0. The van der Waals surface area contributed by atoms with E-state index in [0.29, 0.717) is 11.6 Å². The largest absolute Gasteiger partial charge is 0.372 e. The van der Waals surface area contributed by atoms with Crippen LogP contribution in [0.25, 0.3) is 22.3 Å². The molecule has 0 saturated heterocycles. The highest BCUT2D eigenvalue weighted by Gasteiger charge is 2.41. The number of halogens is 1. The lowest BCUT2D eigenvalue weighted by Gasteiger charge is -2.45. The second kappa shape index (κ2) is 9.35. The number of fused-ring (bicyclic) bond motifs is 1. The maximum absolute atomic E-state index is 10.9. The molecule has 0 bridgehead atoms. The number of aryl methyl sites for hydroxylation is 1. The predicted octanol–water partition coefficient (Wildman–Crippen LogP) is 5.99. The van der Waals surface area contributed by atoms with Gasteiger partial charge in [-0.05, 0) is 67.2 Å². The summed E-state index contributed by atoms with van der Waals surface area (Å²) in [6.07, 6.45) is 3.02. The summed E-state index contributed by atoms with van der Waals surface area (Å²) >= 11 is 0. The first-order valence-corrected chi connectivity index (χ1v) is 10.5. The minimum absolute atomic E-state index is 0. The number of ether oxygens (including phenoxy) is 1. The molecule has 2 unspecified atom stereocenters. The summed E-state index contributed by atoms with van der Waals surface area (Å²) in [5, 5.41) is 0. The minimum Gasteiger partial charge on any atom is -0.372 e. The quantitative estimate of drug-likeness (QED) is 0.461. The van der Waals surface area contributed by atoms with Crippen LogP contribution in [-0.4, -0.2) is 38.4 Å². The Morgan fingerprint density at radius 3 is 1.94 bits per heavy atom. The Balaban J connectivity index is 0.00000272. The van der Waals surface area contributed by atoms with E-state index in [1.54, 1.807) is 0 Å². The maximum Gasteiger partial charge on any atom is 0.150 e. The fraction of sp³-hybridized carbons (Fsp3) is 0.296. The molecule has 0 spiro atoms. The fourth-order valence-electron chi connectivity index (χ4n) is 4.82. The molecule has 0 aromatic heterocycles. The monoisotopic (exact) mass is 435 g/mol. The van der Waals surface area contributed by atoms with Crippen LogP contribution in [0.5, 0.6) is 0 Å². The summed E-state index contributed by atoms with van der Waals surface area (Å²) in [5.41, 5.74) is 7.78. The number of methoxy groups -OCH3 is 1. The van der Waals surface area contributed by atoms with Gasteiger partial charge in [0.15, 0.2) is 0 Å². The molecule has 31 heavy (non-hydrogen) atoms. The number of aldehydes is 1. The van der Waals surface area contributed by atoms with E-state index in [1.165, 1.54) is 22.3 Å². The molecular weight excluding hydrogens is 406 g/mol. The van der Waals surface area contributed by atoms with Crippen molar-refractivity contribution in [2.45, 2.75) is 31.4 Å². The summed E-state index contributed by atoms with van der Waals surface area (Å²) in [6, 6.07) is 23.5. The highest BCUT2D eigenvalue weighted by molar-refractivity contribution is 5.85. The molecule has 0 amide bonds. The Hall–Kier alpha value is -2.46. The van der Waals surface area contributed by atoms with Crippen molar-refractivity contribution in [3.63, 3.8) is 0 Å². The van der Waals surface area contributed by atoms with Gasteiger partial charge in [0.1, 0.15) is 11.9 Å². The van der Waals surface area contributed by atoms with Crippen molar-refractivity contribution in [3.05, 3.63) is 83.4 Å². The van der Waals surface area contributed by atoms with E-state index in [1.807, 2.05) is 31.4 Å². The van der Waals surface area contributed by atoms with E-state index in [4.69, 9.17) is 4.74 Å². The van der Waals surface area contributed by atoms with Crippen LogP contribution in [0.1, 0.15) is 34.8 Å². The van der Waals surface area contributed by atoms with Crippen molar-refractivity contribution in [1.29, 1.82) is 0 Å². The van der Waals surface area contributed by atoms with Gasteiger partial charge in [-0.15, -0.1) is 12.4 Å². The van der Waals surface area contributed by atoms with Crippen molar-refractivity contribution in [1.82, 2.24) is 4.90 Å². The molecule has 162 valence electrons. The van der Waals surface area contributed by atoms with E-state index >= 15 is 0 Å². The lowest BCUT2D eigenvalue weighted by molar-refractivity contribution is -0.0686. The minimum atomic E-state index is -0.298. The zero-order valence-corrected chi connectivity index (χ0v) is 19.4.